The minimum absolute atomic E-state index is 0.0245. The lowest BCUT2D eigenvalue weighted by atomic mass is 10.0. The first kappa shape index (κ1) is 29.2. The van der Waals surface area contributed by atoms with E-state index in [1.54, 1.807) is 19.1 Å². The molecule has 0 amide bonds. The van der Waals surface area contributed by atoms with Crippen LogP contribution in [0.15, 0.2) is 54.7 Å². The maximum atomic E-state index is 15.5. The molecular weight excluding hydrogens is 583 g/mol. The Kier molecular flexibility index (Phi) is 7.52. The lowest BCUT2D eigenvalue weighted by molar-refractivity contribution is 0.0696. The molecule has 2 aromatic heterocycles. The van der Waals surface area contributed by atoms with E-state index in [2.05, 4.69) is 15.0 Å². The number of halogens is 5. The Labute approximate surface area is 248 Å². The summed E-state index contributed by atoms with van der Waals surface area (Å²) in [4.78, 5) is 24.0. The van der Waals surface area contributed by atoms with Gasteiger partial charge in [-0.1, -0.05) is 12.1 Å². The zero-order valence-corrected chi connectivity index (χ0v) is 23.4. The van der Waals surface area contributed by atoms with Crippen LogP contribution >= 0.6 is 0 Å². The van der Waals surface area contributed by atoms with Crippen LogP contribution in [0.25, 0.3) is 22.3 Å². The van der Waals surface area contributed by atoms with Crippen LogP contribution in [0.2, 0.25) is 0 Å². The van der Waals surface area contributed by atoms with E-state index in [0.29, 0.717) is 12.8 Å². The fraction of sp³-hybridized carbons (Fsp3) is 0.250. The molecule has 1 aliphatic carbocycles. The van der Waals surface area contributed by atoms with E-state index in [-0.39, 0.29) is 70.4 Å². The summed E-state index contributed by atoms with van der Waals surface area (Å²) in [6, 6.07) is 9.86. The number of ether oxygens (including phenoxy) is 1. The molecule has 0 bridgehead atoms. The molecule has 1 N–H and O–H groups in total. The van der Waals surface area contributed by atoms with Gasteiger partial charge in [-0.2, -0.15) is 4.98 Å². The van der Waals surface area contributed by atoms with Gasteiger partial charge in [0.25, 0.3) is 0 Å². The van der Waals surface area contributed by atoms with E-state index < -0.39 is 41.3 Å². The quantitative estimate of drug-likeness (QED) is 0.172. The van der Waals surface area contributed by atoms with E-state index in [1.165, 1.54) is 29.0 Å². The molecule has 0 atom stereocenters. The minimum atomic E-state index is -1.35. The molecule has 0 radical (unpaired) electrons. The largest absolute Gasteiger partial charge is 0.478 e. The maximum Gasteiger partial charge on any atom is 0.335 e. The van der Waals surface area contributed by atoms with Crippen LogP contribution in [0.4, 0.5) is 22.0 Å². The second-order valence-electron chi connectivity index (χ2n) is 11.1. The van der Waals surface area contributed by atoms with Crippen molar-refractivity contribution in [3.63, 3.8) is 0 Å². The topological polar surface area (TPSA) is 90.1 Å². The van der Waals surface area contributed by atoms with Crippen LogP contribution in [0.3, 0.4) is 0 Å². The summed E-state index contributed by atoms with van der Waals surface area (Å²) in [5.74, 6) is -4.19. The molecule has 0 unspecified atom stereocenters. The smallest absolute Gasteiger partial charge is 0.335 e. The van der Waals surface area contributed by atoms with E-state index in [4.69, 9.17) is 4.74 Å². The van der Waals surface area contributed by atoms with Gasteiger partial charge in [-0.05, 0) is 67.3 Å². The molecule has 6 rings (SSSR count). The molecule has 1 aliphatic rings. The highest BCUT2D eigenvalue weighted by atomic mass is 19.1. The fourth-order valence-electron chi connectivity index (χ4n) is 5.07. The number of fused-ring (bicyclic) bond motifs is 1. The predicted octanol–water partition coefficient (Wildman–Crippen LogP) is 6.98. The van der Waals surface area contributed by atoms with Crippen molar-refractivity contribution in [2.45, 2.75) is 39.3 Å². The van der Waals surface area contributed by atoms with Crippen molar-refractivity contribution >= 4 is 17.0 Å². The lowest BCUT2D eigenvalue weighted by Gasteiger charge is -2.16. The average Bonchev–Trinajstić information content (AvgIpc) is 3.69. The Morgan fingerprint density at radius 1 is 0.955 bits per heavy atom. The van der Waals surface area contributed by atoms with Gasteiger partial charge >= 0.3 is 12.0 Å². The van der Waals surface area contributed by atoms with Crippen molar-refractivity contribution in [3.8, 4) is 17.3 Å². The number of carbonyl (C=O) groups is 1. The summed E-state index contributed by atoms with van der Waals surface area (Å²) in [5.41, 5.74) is -0.270. The van der Waals surface area contributed by atoms with Crippen molar-refractivity contribution in [2.24, 2.45) is 5.41 Å². The highest BCUT2D eigenvalue weighted by Gasteiger charge is 2.44. The first-order valence-corrected chi connectivity index (χ1v) is 13.7. The third-order valence-corrected chi connectivity index (χ3v) is 7.83. The molecule has 226 valence electrons. The summed E-state index contributed by atoms with van der Waals surface area (Å²) >= 11 is 0. The Morgan fingerprint density at radius 2 is 1.73 bits per heavy atom. The monoisotopic (exact) mass is 608 g/mol. The number of benzene rings is 3. The Bertz CT molecular complexity index is 1920. The number of hydrogen-bond donors (Lipinski definition) is 1. The van der Waals surface area contributed by atoms with Crippen molar-refractivity contribution < 1.29 is 36.6 Å². The number of carboxylic acid groups (broad SMARTS) is 1. The number of alkyl halides is 1. The third-order valence-electron chi connectivity index (χ3n) is 7.83. The van der Waals surface area contributed by atoms with Crippen LogP contribution in [-0.2, 0) is 19.6 Å². The van der Waals surface area contributed by atoms with Gasteiger partial charge in [-0.25, -0.2) is 32.3 Å². The molecule has 7 nitrogen and oxygen atoms in total. The zero-order valence-electron chi connectivity index (χ0n) is 23.4. The molecule has 1 saturated carbocycles. The van der Waals surface area contributed by atoms with Crippen LogP contribution in [0.5, 0.6) is 6.01 Å². The molecule has 0 saturated heterocycles. The van der Waals surface area contributed by atoms with E-state index in [1.807, 2.05) is 0 Å². The summed E-state index contributed by atoms with van der Waals surface area (Å²) in [5, 5.41) is 9.42. The van der Waals surface area contributed by atoms with Gasteiger partial charge in [0.15, 0.2) is 5.82 Å². The number of imidazole rings is 1. The average molecular weight is 609 g/mol. The minimum Gasteiger partial charge on any atom is -0.478 e. The van der Waals surface area contributed by atoms with E-state index >= 15 is 8.78 Å². The number of hydrogen-bond acceptors (Lipinski definition) is 5. The zero-order chi connectivity index (χ0) is 31.2. The van der Waals surface area contributed by atoms with E-state index in [9.17, 15) is 23.1 Å². The van der Waals surface area contributed by atoms with Crippen molar-refractivity contribution in [1.82, 2.24) is 19.5 Å². The number of aryl methyl sites for hydroxylation is 1. The van der Waals surface area contributed by atoms with Gasteiger partial charge < -0.3 is 14.4 Å². The lowest BCUT2D eigenvalue weighted by Crippen LogP contribution is -2.16. The number of rotatable bonds is 10. The third kappa shape index (κ3) is 5.71. The molecular formula is C32H25F5N4O3. The number of nitrogens with zero attached hydrogens (tertiary/aromatic N) is 4. The summed E-state index contributed by atoms with van der Waals surface area (Å²) in [7, 11) is 0. The number of aromatic nitrogens is 4. The molecule has 44 heavy (non-hydrogen) atoms. The van der Waals surface area contributed by atoms with Gasteiger partial charge in [0, 0.05) is 35.7 Å². The van der Waals surface area contributed by atoms with Gasteiger partial charge in [0.05, 0.1) is 23.4 Å². The second-order valence-corrected chi connectivity index (χ2v) is 11.1. The summed E-state index contributed by atoms with van der Waals surface area (Å²) < 4.78 is 80.8. The van der Waals surface area contributed by atoms with Crippen molar-refractivity contribution in [3.05, 3.63) is 106 Å². The van der Waals surface area contributed by atoms with Crippen molar-refractivity contribution in [2.75, 3.05) is 6.67 Å². The standard InChI is InChI=1S/C32H25F5N4O3/c1-17-2-3-18(22(34)8-17)14-44-31-38-7-4-26(39-31)21-13-23(35)19(9-24(21)36)12-28-40-29-25(37)10-20(30(42)43)11-27(29)41(28)16-32(15-33)5-6-32/h2-4,7-11,13H,5-6,12,14-16H2,1H3,(H,42,43). The molecule has 0 aliphatic heterocycles. The van der Waals surface area contributed by atoms with E-state index in [0.717, 1.165) is 23.8 Å². The Morgan fingerprint density at radius 3 is 2.43 bits per heavy atom. The Balaban J connectivity index is 1.30. The predicted molar refractivity (Wildman–Crippen MR) is 150 cm³/mol. The SMILES string of the molecule is Cc1ccc(COc2nccc(-c3cc(F)c(Cc4nc5c(F)cc(C(=O)O)cc5n4CC4(CF)CC4)cc3F)n2)c(F)c1. The van der Waals surface area contributed by atoms with Crippen LogP contribution < -0.4 is 4.74 Å². The van der Waals surface area contributed by atoms with Crippen molar-refractivity contribution in [1.29, 1.82) is 0 Å². The number of aromatic carboxylic acids is 1. The molecule has 3 aromatic carbocycles. The van der Waals surface area contributed by atoms with Gasteiger partial charge in [-0.15, -0.1) is 0 Å². The summed E-state index contributed by atoms with van der Waals surface area (Å²) in [6.45, 7) is 1.01. The second kappa shape index (κ2) is 11.3. The summed E-state index contributed by atoms with van der Waals surface area (Å²) in [6.07, 6.45) is 2.18. The molecule has 12 heteroatoms. The maximum absolute atomic E-state index is 15.5. The molecule has 1 fully saturated rings. The first-order valence-electron chi connectivity index (χ1n) is 13.7. The van der Waals surface area contributed by atoms with Gasteiger partial charge in [-0.3, -0.25) is 4.39 Å². The fourth-order valence-corrected chi connectivity index (χ4v) is 5.07. The normalized spacial score (nSPS) is 13.8. The molecule has 2 heterocycles. The molecule has 0 spiro atoms. The van der Waals surface area contributed by atoms with Crippen LogP contribution in [-0.4, -0.2) is 37.3 Å². The van der Waals surface area contributed by atoms with Crippen LogP contribution in [0.1, 0.15) is 45.7 Å². The first-order chi connectivity index (χ1) is 21.1. The van der Waals surface area contributed by atoms with Gasteiger partial charge in [0.2, 0.25) is 0 Å². The van der Waals surface area contributed by atoms with Crippen LogP contribution in [0, 0.1) is 35.6 Å². The highest BCUT2D eigenvalue weighted by Crippen LogP contribution is 2.48. The number of carboxylic acids is 1. The highest BCUT2D eigenvalue weighted by molar-refractivity contribution is 5.92. The van der Waals surface area contributed by atoms with Gasteiger partial charge in [0.1, 0.15) is 35.4 Å². The molecule has 5 aromatic rings. The Hall–Kier alpha value is -4.87.